The van der Waals surface area contributed by atoms with E-state index >= 15 is 0 Å². The highest BCUT2D eigenvalue weighted by Gasteiger charge is 2.26. The van der Waals surface area contributed by atoms with Crippen molar-refractivity contribution >= 4 is 35.8 Å². The van der Waals surface area contributed by atoms with Crippen LogP contribution in [0.1, 0.15) is 85.0 Å². The number of nitrogens with one attached hydrogen (secondary N) is 2. The number of guanidine groups is 1. The molecule has 2 fully saturated rings. The molecule has 1 aliphatic carbocycles. The molecule has 30 heavy (non-hydrogen) atoms. The first-order valence-electron chi connectivity index (χ1n) is 12.1. The maximum atomic E-state index is 12.6. The van der Waals surface area contributed by atoms with Gasteiger partial charge in [-0.05, 0) is 45.4 Å². The highest BCUT2D eigenvalue weighted by molar-refractivity contribution is 14.0. The fourth-order valence-corrected chi connectivity index (χ4v) is 4.44. The molecule has 1 saturated heterocycles. The van der Waals surface area contributed by atoms with Gasteiger partial charge in [0, 0.05) is 31.6 Å². The summed E-state index contributed by atoms with van der Waals surface area (Å²) in [6, 6.07) is 0.376. The minimum absolute atomic E-state index is 0. The molecule has 0 aromatic carbocycles. The molecule has 0 atom stereocenters. The molecule has 1 aliphatic heterocycles. The van der Waals surface area contributed by atoms with Gasteiger partial charge in [-0.2, -0.15) is 0 Å². The molecule has 1 saturated carbocycles. The zero-order valence-corrected chi connectivity index (χ0v) is 21.8. The molecule has 1 amide bonds. The number of hydrogen-bond donors (Lipinski definition) is 2. The van der Waals surface area contributed by atoms with Crippen LogP contribution in [0.15, 0.2) is 4.99 Å². The number of amides is 1. The summed E-state index contributed by atoms with van der Waals surface area (Å²) in [6.45, 7) is 10.2. The van der Waals surface area contributed by atoms with E-state index in [4.69, 9.17) is 9.73 Å². The Morgan fingerprint density at radius 3 is 2.23 bits per heavy atom. The van der Waals surface area contributed by atoms with E-state index in [9.17, 15) is 4.79 Å². The Bertz CT molecular complexity index is 484. The monoisotopic (exact) mass is 536 g/mol. The Balaban J connectivity index is 0.00000450. The second-order valence-corrected chi connectivity index (χ2v) is 8.50. The summed E-state index contributed by atoms with van der Waals surface area (Å²) >= 11 is 0. The highest BCUT2D eigenvalue weighted by atomic mass is 127. The lowest BCUT2D eigenvalue weighted by molar-refractivity contribution is -0.136. The topological polar surface area (TPSA) is 66.0 Å². The number of carbonyl (C=O) groups excluding carboxylic acids is 1. The number of carbonyl (C=O) groups is 1. The number of hydrogen-bond acceptors (Lipinski definition) is 3. The highest BCUT2D eigenvalue weighted by Crippen LogP contribution is 2.20. The van der Waals surface area contributed by atoms with Crippen molar-refractivity contribution < 1.29 is 9.53 Å². The largest absolute Gasteiger partial charge is 0.376 e. The number of aliphatic imine (C=N–C) groups is 1. The second-order valence-electron chi connectivity index (χ2n) is 8.50. The van der Waals surface area contributed by atoms with Crippen LogP contribution in [0.25, 0.3) is 0 Å². The molecule has 2 aliphatic rings. The molecule has 0 aromatic heterocycles. The van der Waals surface area contributed by atoms with Gasteiger partial charge in [-0.3, -0.25) is 9.79 Å². The average molecular weight is 537 g/mol. The number of ether oxygens (including phenoxy) is 1. The Kier molecular flexibility index (Phi) is 14.8. The molecule has 0 unspecified atom stereocenters. The van der Waals surface area contributed by atoms with Gasteiger partial charge < -0.3 is 20.3 Å². The zero-order valence-electron chi connectivity index (χ0n) is 19.5. The van der Waals surface area contributed by atoms with E-state index in [0.29, 0.717) is 31.2 Å². The van der Waals surface area contributed by atoms with Crippen molar-refractivity contribution in [2.24, 2.45) is 10.9 Å². The summed E-state index contributed by atoms with van der Waals surface area (Å²) < 4.78 is 6.06. The number of piperidine rings is 1. The van der Waals surface area contributed by atoms with Crippen molar-refractivity contribution in [3.05, 3.63) is 0 Å². The van der Waals surface area contributed by atoms with Crippen LogP contribution in [-0.4, -0.2) is 61.7 Å². The molecule has 0 radical (unpaired) electrons. The predicted molar refractivity (Wildman–Crippen MR) is 136 cm³/mol. The van der Waals surface area contributed by atoms with E-state index in [1.54, 1.807) is 0 Å². The van der Waals surface area contributed by atoms with Crippen molar-refractivity contribution in [2.45, 2.75) is 97.1 Å². The molecule has 0 spiro atoms. The third-order valence-electron chi connectivity index (χ3n) is 6.34. The van der Waals surface area contributed by atoms with Gasteiger partial charge in [0.1, 0.15) is 0 Å². The van der Waals surface area contributed by atoms with Crippen molar-refractivity contribution in [1.29, 1.82) is 0 Å². The summed E-state index contributed by atoms with van der Waals surface area (Å²) in [7, 11) is 0. The summed E-state index contributed by atoms with van der Waals surface area (Å²) in [6.07, 6.45) is 12.0. The third-order valence-corrected chi connectivity index (χ3v) is 6.34. The molecule has 6 nitrogen and oxygen atoms in total. The standard InChI is InChI=1S/C23H44N4O2.HI/c1-4-19(5-2)22(28)27-16-13-20(14-17-27)26-23(24-6-3)25-15-18-29-21-11-9-7-8-10-12-21;/h19-21H,4-18H2,1-3H3,(H2,24,25,26);1H. The molecule has 176 valence electrons. The predicted octanol–water partition coefficient (Wildman–Crippen LogP) is 4.33. The van der Waals surface area contributed by atoms with E-state index in [1.807, 2.05) is 0 Å². The lowest BCUT2D eigenvalue weighted by Crippen LogP contribution is -2.50. The number of likely N-dealkylation sites (tertiary alicyclic amines) is 1. The first-order chi connectivity index (χ1) is 14.2. The van der Waals surface area contributed by atoms with Gasteiger partial charge in [0.15, 0.2) is 5.96 Å². The maximum absolute atomic E-state index is 12.6. The van der Waals surface area contributed by atoms with Gasteiger partial charge in [-0.15, -0.1) is 24.0 Å². The third kappa shape index (κ3) is 9.71. The lowest BCUT2D eigenvalue weighted by Gasteiger charge is -2.34. The Morgan fingerprint density at radius 2 is 1.67 bits per heavy atom. The van der Waals surface area contributed by atoms with Crippen LogP contribution in [0.4, 0.5) is 0 Å². The molecule has 0 bridgehead atoms. The minimum Gasteiger partial charge on any atom is -0.376 e. The summed E-state index contributed by atoms with van der Waals surface area (Å²) in [5.41, 5.74) is 0. The van der Waals surface area contributed by atoms with Crippen molar-refractivity contribution in [3.8, 4) is 0 Å². The van der Waals surface area contributed by atoms with Crippen LogP contribution in [0.2, 0.25) is 0 Å². The molecule has 2 N–H and O–H groups in total. The Labute approximate surface area is 201 Å². The SMILES string of the molecule is CCNC(=NCCOC1CCCCCC1)NC1CCN(C(=O)C(CC)CC)CC1.I. The number of nitrogens with zero attached hydrogens (tertiary/aromatic N) is 2. The van der Waals surface area contributed by atoms with Crippen LogP contribution in [0.5, 0.6) is 0 Å². The lowest BCUT2D eigenvalue weighted by atomic mass is 9.98. The molecule has 0 aromatic rings. The van der Waals surface area contributed by atoms with E-state index in [0.717, 1.165) is 51.3 Å². The smallest absolute Gasteiger partial charge is 0.225 e. The van der Waals surface area contributed by atoms with Crippen molar-refractivity contribution in [3.63, 3.8) is 0 Å². The second kappa shape index (κ2) is 16.1. The fraction of sp³-hybridized carbons (Fsp3) is 0.913. The van der Waals surface area contributed by atoms with Crippen LogP contribution in [-0.2, 0) is 9.53 Å². The summed E-state index contributed by atoms with van der Waals surface area (Å²) in [4.78, 5) is 19.3. The van der Waals surface area contributed by atoms with Gasteiger partial charge in [-0.1, -0.05) is 39.5 Å². The quantitative estimate of drug-likeness (QED) is 0.151. The summed E-state index contributed by atoms with van der Waals surface area (Å²) in [5, 5.41) is 6.92. The van der Waals surface area contributed by atoms with Gasteiger partial charge in [0.2, 0.25) is 5.91 Å². The molecule has 7 heteroatoms. The minimum atomic E-state index is 0. The van der Waals surface area contributed by atoms with E-state index < -0.39 is 0 Å². The number of rotatable bonds is 9. The van der Waals surface area contributed by atoms with Crippen molar-refractivity contribution in [2.75, 3.05) is 32.8 Å². The number of halogens is 1. The average Bonchev–Trinajstić information content (AvgIpc) is 3.01. The van der Waals surface area contributed by atoms with Crippen LogP contribution < -0.4 is 10.6 Å². The van der Waals surface area contributed by atoms with E-state index in [1.165, 1.54) is 38.5 Å². The molecule has 2 rings (SSSR count). The Hall–Kier alpha value is -0.570. The maximum Gasteiger partial charge on any atom is 0.225 e. The van der Waals surface area contributed by atoms with E-state index in [-0.39, 0.29) is 29.9 Å². The van der Waals surface area contributed by atoms with Crippen molar-refractivity contribution in [1.82, 2.24) is 15.5 Å². The molecular weight excluding hydrogens is 491 g/mol. The van der Waals surface area contributed by atoms with E-state index in [2.05, 4.69) is 36.3 Å². The fourth-order valence-electron chi connectivity index (χ4n) is 4.44. The first-order valence-corrected chi connectivity index (χ1v) is 12.1. The first kappa shape index (κ1) is 27.5. The van der Waals surface area contributed by atoms with Crippen LogP contribution >= 0.6 is 24.0 Å². The normalized spacial score (nSPS) is 19.3. The van der Waals surface area contributed by atoms with Gasteiger partial charge in [0.25, 0.3) is 0 Å². The van der Waals surface area contributed by atoms with Gasteiger partial charge in [0.05, 0.1) is 19.3 Å². The summed E-state index contributed by atoms with van der Waals surface area (Å²) in [5.74, 6) is 1.40. The molecular formula is C23H45IN4O2. The van der Waals surface area contributed by atoms with Gasteiger partial charge in [-0.25, -0.2) is 0 Å². The van der Waals surface area contributed by atoms with Crippen LogP contribution in [0.3, 0.4) is 0 Å². The zero-order chi connectivity index (χ0) is 20.9. The van der Waals surface area contributed by atoms with Crippen LogP contribution in [0, 0.1) is 5.92 Å². The molecule has 1 heterocycles. The Morgan fingerprint density at radius 1 is 1.03 bits per heavy atom. The van der Waals surface area contributed by atoms with Gasteiger partial charge >= 0.3 is 0 Å².